The molecule has 0 amide bonds. The first kappa shape index (κ1) is 13.6. The second kappa shape index (κ2) is 6.91. The van der Waals surface area contributed by atoms with E-state index >= 15 is 0 Å². The fourth-order valence-corrected chi connectivity index (χ4v) is 3.60. The Kier molecular flexibility index (Phi) is 5.21. The Labute approximate surface area is 110 Å². The molecule has 102 valence electrons. The van der Waals surface area contributed by atoms with Gasteiger partial charge >= 0.3 is 0 Å². The first-order valence-corrected chi connectivity index (χ1v) is 7.48. The predicted molar refractivity (Wildman–Crippen MR) is 75.2 cm³/mol. The summed E-state index contributed by atoms with van der Waals surface area (Å²) in [6.07, 6.45) is 13.9. The molecule has 0 heterocycles. The van der Waals surface area contributed by atoms with E-state index in [4.69, 9.17) is 10.2 Å². The van der Waals surface area contributed by atoms with Crippen LogP contribution in [-0.2, 0) is 4.84 Å². The number of hydrogen-bond acceptors (Lipinski definition) is 3. The number of rotatable bonds is 4. The van der Waals surface area contributed by atoms with Crippen LogP contribution in [0.4, 0.5) is 0 Å². The van der Waals surface area contributed by atoms with E-state index in [9.17, 15) is 0 Å². The van der Waals surface area contributed by atoms with E-state index in [1.165, 1.54) is 51.4 Å². The van der Waals surface area contributed by atoms with E-state index < -0.39 is 0 Å². The van der Waals surface area contributed by atoms with Crippen molar-refractivity contribution < 1.29 is 4.84 Å². The van der Waals surface area contributed by atoms with Gasteiger partial charge in [0.2, 0.25) is 0 Å². The van der Waals surface area contributed by atoms with Crippen LogP contribution in [-0.4, -0.2) is 18.5 Å². The lowest BCUT2D eigenvalue weighted by atomic mass is 9.71. The average molecular weight is 250 g/mol. The highest BCUT2D eigenvalue weighted by molar-refractivity contribution is 5.56. The van der Waals surface area contributed by atoms with Crippen molar-refractivity contribution >= 4 is 12.4 Å². The summed E-state index contributed by atoms with van der Waals surface area (Å²) in [7, 11) is 0. The molecule has 3 nitrogen and oxygen atoms in total. The van der Waals surface area contributed by atoms with Gasteiger partial charge in [-0.3, -0.25) is 0 Å². The summed E-state index contributed by atoms with van der Waals surface area (Å²) in [6, 6.07) is 0. The van der Waals surface area contributed by atoms with E-state index in [2.05, 4.69) is 5.16 Å². The summed E-state index contributed by atoms with van der Waals surface area (Å²) < 4.78 is 0. The third kappa shape index (κ3) is 3.56. The van der Waals surface area contributed by atoms with Crippen molar-refractivity contribution in [1.29, 1.82) is 5.41 Å². The van der Waals surface area contributed by atoms with Crippen molar-refractivity contribution in [1.82, 2.24) is 0 Å². The Morgan fingerprint density at radius 2 is 1.50 bits per heavy atom. The third-order valence-electron chi connectivity index (χ3n) is 4.75. The minimum Gasteiger partial charge on any atom is -0.393 e. The highest BCUT2D eigenvalue weighted by Gasteiger charge is 2.30. The number of hydrogen-bond donors (Lipinski definition) is 1. The van der Waals surface area contributed by atoms with E-state index in [0.717, 1.165) is 11.8 Å². The standard InChI is InChI=1S/C15H26N2O/c1-2-17-18-15-9-7-14(8-10-15)13-5-3-12(11-16)4-6-13/h2,11-16H,3-10H2,1H3. The zero-order valence-electron chi connectivity index (χ0n) is 11.5. The summed E-state index contributed by atoms with van der Waals surface area (Å²) in [5.74, 6) is 2.39. The van der Waals surface area contributed by atoms with Crippen LogP contribution in [0, 0.1) is 23.2 Å². The Balaban J connectivity index is 1.71. The fourth-order valence-electron chi connectivity index (χ4n) is 3.60. The molecular formula is C15H26N2O. The molecule has 0 bridgehead atoms. The molecule has 0 aromatic rings. The summed E-state index contributed by atoms with van der Waals surface area (Å²) in [5, 5.41) is 11.2. The lowest BCUT2D eigenvalue weighted by Crippen LogP contribution is -2.28. The van der Waals surface area contributed by atoms with Crippen molar-refractivity contribution in [2.24, 2.45) is 22.9 Å². The van der Waals surface area contributed by atoms with Gasteiger partial charge in [-0.2, -0.15) is 0 Å². The highest BCUT2D eigenvalue weighted by atomic mass is 16.6. The first-order valence-electron chi connectivity index (χ1n) is 7.48. The van der Waals surface area contributed by atoms with Crippen molar-refractivity contribution in [3.63, 3.8) is 0 Å². The van der Waals surface area contributed by atoms with E-state index in [0.29, 0.717) is 12.0 Å². The first-order chi connectivity index (χ1) is 8.83. The molecule has 0 spiro atoms. The summed E-state index contributed by atoms with van der Waals surface area (Å²) in [5.41, 5.74) is 0. The maximum absolute atomic E-state index is 7.34. The number of nitrogens with one attached hydrogen (secondary N) is 1. The SMILES string of the molecule is CC=NOC1CCC(C2CCC(C=N)CC2)CC1. The van der Waals surface area contributed by atoms with Crippen LogP contribution >= 0.6 is 0 Å². The number of oxime groups is 1. The van der Waals surface area contributed by atoms with Crippen LogP contribution in [0.1, 0.15) is 58.3 Å². The van der Waals surface area contributed by atoms with Gasteiger partial charge in [0.15, 0.2) is 0 Å². The van der Waals surface area contributed by atoms with Gasteiger partial charge in [-0.1, -0.05) is 5.16 Å². The van der Waals surface area contributed by atoms with Gasteiger partial charge in [-0.25, -0.2) is 0 Å². The molecule has 1 N–H and O–H groups in total. The zero-order chi connectivity index (χ0) is 12.8. The topological polar surface area (TPSA) is 45.4 Å². The van der Waals surface area contributed by atoms with Crippen molar-refractivity contribution in [3.05, 3.63) is 0 Å². The summed E-state index contributed by atoms with van der Waals surface area (Å²) in [4.78, 5) is 5.44. The Morgan fingerprint density at radius 3 is 2.00 bits per heavy atom. The Morgan fingerprint density at radius 1 is 0.944 bits per heavy atom. The Hall–Kier alpha value is -0.860. The molecule has 0 aromatic heterocycles. The maximum Gasteiger partial charge on any atom is 0.127 e. The van der Waals surface area contributed by atoms with Gasteiger partial charge < -0.3 is 10.2 Å². The molecule has 0 aromatic carbocycles. The van der Waals surface area contributed by atoms with E-state index in [1.54, 1.807) is 12.4 Å². The Bertz CT molecular complexity index is 274. The fraction of sp³-hybridized carbons (Fsp3) is 0.867. The molecule has 3 heteroatoms. The van der Waals surface area contributed by atoms with Gasteiger partial charge in [0, 0.05) is 6.21 Å². The van der Waals surface area contributed by atoms with Crippen LogP contribution in [0.15, 0.2) is 5.16 Å². The molecule has 0 aliphatic heterocycles. The van der Waals surface area contributed by atoms with Gasteiger partial charge in [0.25, 0.3) is 0 Å². The second-order valence-electron chi connectivity index (χ2n) is 5.85. The van der Waals surface area contributed by atoms with Gasteiger partial charge in [-0.05, 0) is 82.3 Å². The quantitative estimate of drug-likeness (QED) is 0.594. The van der Waals surface area contributed by atoms with Crippen LogP contribution in [0.25, 0.3) is 0 Å². The lowest BCUT2D eigenvalue weighted by Gasteiger charge is -2.36. The zero-order valence-corrected chi connectivity index (χ0v) is 11.5. The van der Waals surface area contributed by atoms with Gasteiger partial charge in [0.05, 0.1) is 0 Å². The third-order valence-corrected chi connectivity index (χ3v) is 4.75. The molecule has 0 saturated heterocycles. The number of nitrogens with zero attached hydrogens (tertiary/aromatic N) is 1. The lowest BCUT2D eigenvalue weighted by molar-refractivity contribution is 0.0118. The summed E-state index contributed by atoms with van der Waals surface area (Å²) in [6.45, 7) is 1.90. The van der Waals surface area contributed by atoms with Crippen LogP contribution in [0.5, 0.6) is 0 Å². The minimum atomic E-state index is 0.357. The molecule has 0 atom stereocenters. The monoisotopic (exact) mass is 250 g/mol. The summed E-state index contributed by atoms with van der Waals surface area (Å²) >= 11 is 0. The van der Waals surface area contributed by atoms with Gasteiger partial charge in [-0.15, -0.1) is 0 Å². The van der Waals surface area contributed by atoms with Gasteiger partial charge in [0.1, 0.15) is 6.10 Å². The van der Waals surface area contributed by atoms with Crippen molar-refractivity contribution in [2.75, 3.05) is 0 Å². The van der Waals surface area contributed by atoms with E-state index in [-0.39, 0.29) is 0 Å². The molecule has 0 radical (unpaired) electrons. The predicted octanol–water partition coefficient (Wildman–Crippen LogP) is 4.02. The van der Waals surface area contributed by atoms with Crippen LogP contribution in [0.3, 0.4) is 0 Å². The van der Waals surface area contributed by atoms with Crippen molar-refractivity contribution in [2.45, 2.75) is 64.4 Å². The molecule has 2 saturated carbocycles. The second-order valence-corrected chi connectivity index (χ2v) is 5.85. The average Bonchev–Trinajstić information content (AvgIpc) is 2.46. The highest BCUT2D eigenvalue weighted by Crippen LogP contribution is 2.40. The van der Waals surface area contributed by atoms with Crippen LogP contribution in [0.2, 0.25) is 0 Å². The largest absolute Gasteiger partial charge is 0.393 e. The molecule has 2 fully saturated rings. The molecule has 2 aliphatic rings. The molecule has 2 aliphatic carbocycles. The molecule has 0 unspecified atom stereocenters. The maximum atomic E-state index is 7.34. The van der Waals surface area contributed by atoms with Crippen molar-refractivity contribution in [3.8, 4) is 0 Å². The molecular weight excluding hydrogens is 224 g/mol. The van der Waals surface area contributed by atoms with Crippen LogP contribution < -0.4 is 0 Å². The minimum absolute atomic E-state index is 0.357. The normalized spacial score (nSPS) is 37.6. The molecule has 18 heavy (non-hydrogen) atoms. The van der Waals surface area contributed by atoms with E-state index in [1.807, 2.05) is 6.92 Å². The molecule has 2 rings (SSSR count). The smallest absolute Gasteiger partial charge is 0.127 e.